The number of aromatic nitrogens is 2. The van der Waals surface area contributed by atoms with Crippen molar-refractivity contribution in [2.75, 3.05) is 0 Å². The Bertz CT molecular complexity index is 541. The summed E-state index contributed by atoms with van der Waals surface area (Å²) in [6.07, 6.45) is 0. The Morgan fingerprint density at radius 2 is 1.61 bits per heavy atom. The number of alkyl halides is 1. The predicted molar refractivity (Wildman–Crippen MR) is 80.2 cm³/mol. The second kappa shape index (κ2) is 5.35. The van der Waals surface area contributed by atoms with Crippen molar-refractivity contribution in [2.24, 2.45) is 5.92 Å². The van der Waals surface area contributed by atoms with Crippen LogP contribution in [0.4, 0.5) is 0 Å². The quantitative estimate of drug-likeness (QED) is 0.782. The molecule has 96 valence electrons. The van der Waals surface area contributed by atoms with Crippen LogP contribution in [-0.4, -0.2) is 15.0 Å². The summed E-state index contributed by atoms with van der Waals surface area (Å²) in [7, 11) is 0. The molecule has 2 unspecified atom stereocenters. The maximum Gasteiger partial charge on any atom is 0.0753 e. The highest BCUT2D eigenvalue weighted by atomic mass is 79.9. The van der Waals surface area contributed by atoms with E-state index in [0.29, 0.717) is 16.7 Å². The first-order valence-corrected chi connectivity index (χ1v) is 7.30. The van der Waals surface area contributed by atoms with Gasteiger partial charge in [0.1, 0.15) is 0 Å². The van der Waals surface area contributed by atoms with Crippen molar-refractivity contribution < 1.29 is 0 Å². The monoisotopic (exact) mass is 306 g/mol. The summed E-state index contributed by atoms with van der Waals surface area (Å²) in [4.78, 5) is 0.387. The van der Waals surface area contributed by atoms with Crippen molar-refractivity contribution in [1.82, 2.24) is 10.2 Å². The summed E-state index contributed by atoms with van der Waals surface area (Å²) in [5.41, 5.74) is 2.11. The van der Waals surface area contributed by atoms with Gasteiger partial charge in [0.05, 0.1) is 11.4 Å². The molecule has 0 aliphatic rings. The van der Waals surface area contributed by atoms with Gasteiger partial charge in [-0.2, -0.15) is 10.2 Å². The number of hydrogen-bond donors (Lipinski definition) is 0. The van der Waals surface area contributed by atoms with E-state index in [1.165, 1.54) is 10.8 Å². The molecule has 0 amide bonds. The first kappa shape index (κ1) is 13.5. The van der Waals surface area contributed by atoms with Gasteiger partial charge >= 0.3 is 0 Å². The molecule has 18 heavy (non-hydrogen) atoms. The molecular formula is C15H19BrN2. The minimum atomic E-state index is 0.378. The van der Waals surface area contributed by atoms with E-state index in [0.717, 1.165) is 11.4 Å². The number of fused-ring (bicyclic) bond motifs is 1. The molecule has 0 saturated heterocycles. The van der Waals surface area contributed by atoms with Crippen molar-refractivity contribution in [3.05, 3.63) is 35.7 Å². The van der Waals surface area contributed by atoms with Crippen molar-refractivity contribution in [1.29, 1.82) is 0 Å². The number of halogens is 1. The summed E-state index contributed by atoms with van der Waals surface area (Å²) in [6, 6.07) is 8.40. The molecule has 0 saturated carbocycles. The van der Waals surface area contributed by atoms with E-state index in [-0.39, 0.29) is 0 Å². The zero-order valence-electron chi connectivity index (χ0n) is 11.3. The van der Waals surface area contributed by atoms with E-state index in [2.05, 4.69) is 71.2 Å². The molecular weight excluding hydrogens is 288 g/mol. The van der Waals surface area contributed by atoms with Crippen LogP contribution in [-0.2, 0) is 0 Å². The van der Waals surface area contributed by atoms with Crippen LogP contribution in [0.1, 0.15) is 38.1 Å². The molecule has 0 N–H and O–H groups in total. The minimum Gasteiger partial charge on any atom is -0.155 e. The molecule has 3 heteroatoms. The van der Waals surface area contributed by atoms with Gasteiger partial charge in [-0.25, -0.2) is 0 Å². The summed E-state index contributed by atoms with van der Waals surface area (Å²) < 4.78 is 0. The van der Waals surface area contributed by atoms with Crippen molar-refractivity contribution >= 4 is 26.7 Å². The Morgan fingerprint density at radius 3 is 2.17 bits per heavy atom. The highest BCUT2D eigenvalue weighted by Crippen LogP contribution is 2.34. The smallest absolute Gasteiger partial charge is 0.0753 e. The zero-order valence-corrected chi connectivity index (χ0v) is 12.9. The summed E-state index contributed by atoms with van der Waals surface area (Å²) in [5.74, 6) is 0.905. The lowest BCUT2D eigenvalue weighted by Gasteiger charge is -2.24. The summed E-state index contributed by atoms with van der Waals surface area (Å²) in [5, 5.41) is 11.2. The van der Waals surface area contributed by atoms with Crippen LogP contribution < -0.4 is 0 Å². The molecule has 0 spiro atoms. The molecule has 2 nitrogen and oxygen atoms in total. The van der Waals surface area contributed by atoms with Crippen molar-refractivity contribution in [2.45, 2.75) is 38.4 Å². The van der Waals surface area contributed by atoms with E-state index < -0.39 is 0 Å². The van der Waals surface area contributed by atoms with E-state index >= 15 is 0 Å². The lowest BCUT2D eigenvalue weighted by molar-refractivity contribution is 0.487. The normalized spacial score (nSPS) is 15.0. The topological polar surface area (TPSA) is 25.8 Å². The van der Waals surface area contributed by atoms with E-state index in [1.807, 2.05) is 6.92 Å². The molecule has 0 fully saturated rings. The third-order valence-electron chi connectivity index (χ3n) is 3.43. The Morgan fingerprint density at radius 1 is 1.00 bits per heavy atom. The largest absolute Gasteiger partial charge is 0.155 e. The first-order chi connectivity index (χ1) is 8.52. The average molecular weight is 307 g/mol. The van der Waals surface area contributed by atoms with Gasteiger partial charge in [-0.3, -0.25) is 0 Å². The molecule has 1 heterocycles. The molecule has 0 aliphatic heterocycles. The minimum absolute atomic E-state index is 0.378. The fourth-order valence-electron chi connectivity index (χ4n) is 2.57. The van der Waals surface area contributed by atoms with E-state index in [4.69, 9.17) is 0 Å². The van der Waals surface area contributed by atoms with Crippen LogP contribution in [0.25, 0.3) is 10.8 Å². The Kier molecular flexibility index (Phi) is 4.00. The van der Waals surface area contributed by atoms with Crippen molar-refractivity contribution in [3.8, 4) is 0 Å². The van der Waals surface area contributed by atoms with Crippen LogP contribution in [0.15, 0.2) is 24.3 Å². The third kappa shape index (κ3) is 2.41. The lowest BCUT2D eigenvalue weighted by Crippen LogP contribution is -2.18. The van der Waals surface area contributed by atoms with Crippen LogP contribution in [0.3, 0.4) is 0 Å². The highest BCUT2D eigenvalue weighted by Gasteiger charge is 2.24. The van der Waals surface area contributed by atoms with Gasteiger partial charge in [0, 0.05) is 21.5 Å². The van der Waals surface area contributed by atoms with Gasteiger partial charge in [-0.1, -0.05) is 61.0 Å². The Labute approximate surface area is 117 Å². The lowest BCUT2D eigenvalue weighted by atomic mass is 9.87. The SMILES string of the molecule is Cc1nnc(C(C(C)C)C(C)Br)c2ccccc12. The second-order valence-electron chi connectivity index (χ2n) is 5.16. The van der Waals surface area contributed by atoms with Crippen LogP contribution >= 0.6 is 15.9 Å². The first-order valence-electron chi connectivity index (χ1n) is 6.38. The van der Waals surface area contributed by atoms with Gasteiger partial charge in [-0.05, 0) is 12.8 Å². The molecule has 0 aliphatic carbocycles. The fraction of sp³-hybridized carbons (Fsp3) is 0.467. The third-order valence-corrected chi connectivity index (χ3v) is 4.00. The predicted octanol–water partition coefficient (Wildman–Crippen LogP) is 4.46. The van der Waals surface area contributed by atoms with Gasteiger partial charge in [0.2, 0.25) is 0 Å². The Balaban J connectivity index is 2.67. The molecule has 0 bridgehead atoms. The molecule has 1 aromatic heterocycles. The number of aryl methyl sites for hydroxylation is 1. The van der Waals surface area contributed by atoms with Gasteiger partial charge in [0.15, 0.2) is 0 Å². The zero-order chi connectivity index (χ0) is 13.3. The van der Waals surface area contributed by atoms with Crippen LogP contribution in [0.2, 0.25) is 0 Å². The van der Waals surface area contributed by atoms with Gasteiger partial charge in [-0.15, -0.1) is 0 Å². The number of hydrogen-bond acceptors (Lipinski definition) is 2. The summed E-state index contributed by atoms with van der Waals surface area (Å²) in [6.45, 7) is 8.67. The Hall–Kier alpha value is -0.960. The van der Waals surface area contributed by atoms with E-state index in [1.54, 1.807) is 0 Å². The summed E-state index contributed by atoms with van der Waals surface area (Å²) >= 11 is 3.71. The van der Waals surface area contributed by atoms with Crippen LogP contribution in [0, 0.1) is 12.8 Å². The molecule has 2 atom stereocenters. The molecule has 2 rings (SSSR count). The number of rotatable bonds is 3. The number of benzene rings is 1. The maximum atomic E-state index is 4.47. The maximum absolute atomic E-state index is 4.47. The molecule has 0 radical (unpaired) electrons. The average Bonchev–Trinajstić information content (AvgIpc) is 2.32. The fourth-order valence-corrected chi connectivity index (χ4v) is 3.43. The van der Waals surface area contributed by atoms with E-state index in [9.17, 15) is 0 Å². The number of nitrogens with zero attached hydrogens (tertiary/aromatic N) is 2. The molecule has 2 aromatic rings. The highest BCUT2D eigenvalue weighted by molar-refractivity contribution is 9.09. The van der Waals surface area contributed by atoms with Gasteiger partial charge < -0.3 is 0 Å². The standard InChI is InChI=1S/C15H19BrN2/c1-9(2)14(10(3)16)15-13-8-6-5-7-12(13)11(4)17-18-15/h5-10,14H,1-4H3. The van der Waals surface area contributed by atoms with Crippen LogP contribution in [0.5, 0.6) is 0 Å². The molecule has 1 aromatic carbocycles. The second-order valence-corrected chi connectivity index (χ2v) is 6.61. The van der Waals surface area contributed by atoms with Crippen molar-refractivity contribution in [3.63, 3.8) is 0 Å². The van der Waals surface area contributed by atoms with Gasteiger partial charge in [0.25, 0.3) is 0 Å².